The second-order valence-electron chi connectivity index (χ2n) is 4.84. The van der Waals surface area contributed by atoms with E-state index in [9.17, 15) is 14.9 Å². The molecule has 9 heteroatoms. The highest BCUT2D eigenvalue weighted by atomic mass is 32.2. The molecule has 1 aromatic carbocycles. The molecule has 0 saturated heterocycles. The lowest BCUT2D eigenvalue weighted by molar-refractivity contribution is 0.0697. The monoisotopic (exact) mass is 370 g/mol. The number of hydrogen-bond acceptors (Lipinski definition) is 7. The van der Waals surface area contributed by atoms with Gasteiger partial charge in [0.05, 0.1) is 5.56 Å². The van der Waals surface area contributed by atoms with Gasteiger partial charge in [0.25, 0.3) is 5.56 Å². The molecule has 0 atom stereocenters. The number of H-pyrrole nitrogens is 1. The van der Waals surface area contributed by atoms with Crippen LogP contribution >= 0.6 is 23.1 Å². The summed E-state index contributed by atoms with van der Waals surface area (Å²) in [7, 11) is 0. The van der Waals surface area contributed by atoms with E-state index < -0.39 is 11.5 Å². The molecule has 25 heavy (non-hydrogen) atoms. The number of nitriles is 1. The maximum Gasteiger partial charge on any atom is 0.335 e. The predicted octanol–water partition coefficient (Wildman–Crippen LogP) is 2.76. The van der Waals surface area contributed by atoms with Crippen LogP contribution in [0.4, 0.5) is 0 Å². The van der Waals surface area contributed by atoms with Gasteiger partial charge in [0, 0.05) is 17.3 Å². The van der Waals surface area contributed by atoms with Crippen LogP contribution in [0.2, 0.25) is 0 Å². The summed E-state index contributed by atoms with van der Waals surface area (Å²) in [5.74, 6) is -0.574. The molecule has 2 heterocycles. The van der Waals surface area contributed by atoms with Crippen LogP contribution in [0, 0.1) is 11.3 Å². The van der Waals surface area contributed by atoms with Gasteiger partial charge in [0.2, 0.25) is 0 Å². The van der Waals surface area contributed by atoms with Gasteiger partial charge in [-0.1, -0.05) is 23.9 Å². The Balaban J connectivity index is 1.89. The number of carboxylic acids is 1. The van der Waals surface area contributed by atoms with Gasteiger partial charge in [-0.25, -0.2) is 14.8 Å². The van der Waals surface area contributed by atoms with E-state index in [-0.39, 0.29) is 16.8 Å². The number of rotatable bonds is 5. The summed E-state index contributed by atoms with van der Waals surface area (Å²) in [6.07, 6.45) is 1.58. The van der Waals surface area contributed by atoms with E-state index in [1.165, 1.54) is 29.2 Å². The average Bonchev–Trinajstić information content (AvgIpc) is 3.14. The lowest BCUT2D eigenvalue weighted by Gasteiger charge is -2.05. The second-order valence-corrected chi connectivity index (χ2v) is 6.70. The van der Waals surface area contributed by atoms with Crippen molar-refractivity contribution in [1.29, 1.82) is 5.26 Å². The maximum atomic E-state index is 12.1. The topological polar surface area (TPSA) is 120 Å². The van der Waals surface area contributed by atoms with Crippen molar-refractivity contribution >= 4 is 29.1 Å². The first-order chi connectivity index (χ1) is 12.1. The van der Waals surface area contributed by atoms with Crippen LogP contribution in [0.3, 0.4) is 0 Å². The summed E-state index contributed by atoms with van der Waals surface area (Å²) >= 11 is 2.54. The minimum Gasteiger partial charge on any atom is -0.478 e. The Labute approximate surface area is 150 Å². The lowest BCUT2D eigenvalue weighted by Crippen LogP contribution is -2.14. The zero-order valence-electron chi connectivity index (χ0n) is 12.6. The van der Waals surface area contributed by atoms with Crippen molar-refractivity contribution in [1.82, 2.24) is 15.0 Å². The fourth-order valence-electron chi connectivity index (χ4n) is 2.07. The molecular formula is C16H10N4O3S2. The van der Waals surface area contributed by atoms with Crippen molar-refractivity contribution in [3.8, 4) is 16.8 Å². The molecule has 3 aromatic rings. The Morgan fingerprint density at radius 2 is 2.28 bits per heavy atom. The molecule has 0 radical (unpaired) electrons. The SMILES string of the molecule is N#Cc1c(-c2nccs2)nc(SCc2cccc(C(=O)O)c2)[nH]c1=O. The molecular weight excluding hydrogens is 360 g/mol. The number of aromatic carboxylic acids is 1. The second kappa shape index (κ2) is 7.29. The van der Waals surface area contributed by atoms with E-state index in [4.69, 9.17) is 5.11 Å². The van der Waals surface area contributed by atoms with Crippen molar-refractivity contribution in [3.05, 3.63) is 62.9 Å². The molecule has 0 fully saturated rings. The van der Waals surface area contributed by atoms with Gasteiger partial charge in [-0.3, -0.25) is 4.79 Å². The third-order valence-electron chi connectivity index (χ3n) is 3.19. The number of nitrogens with one attached hydrogen (secondary N) is 1. The number of thiazole rings is 1. The van der Waals surface area contributed by atoms with Crippen LogP contribution in [-0.4, -0.2) is 26.0 Å². The van der Waals surface area contributed by atoms with Gasteiger partial charge in [0.1, 0.15) is 22.3 Å². The van der Waals surface area contributed by atoms with Crippen LogP contribution in [0.5, 0.6) is 0 Å². The summed E-state index contributed by atoms with van der Waals surface area (Å²) in [6, 6.07) is 8.40. The number of aromatic nitrogens is 3. The third-order valence-corrected chi connectivity index (χ3v) is 4.92. The summed E-state index contributed by atoms with van der Waals surface area (Å²) < 4.78 is 0. The number of nitrogens with zero attached hydrogens (tertiary/aromatic N) is 3. The van der Waals surface area contributed by atoms with Gasteiger partial charge in [-0.15, -0.1) is 11.3 Å². The zero-order chi connectivity index (χ0) is 17.8. The van der Waals surface area contributed by atoms with Gasteiger partial charge in [-0.2, -0.15) is 5.26 Å². The van der Waals surface area contributed by atoms with Crippen molar-refractivity contribution in [2.75, 3.05) is 0 Å². The molecule has 0 aliphatic carbocycles. The number of aromatic amines is 1. The minimum absolute atomic E-state index is 0.0767. The Morgan fingerprint density at radius 1 is 1.44 bits per heavy atom. The van der Waals surface area contributed by atoms with Crippen molar-refractivity contribution in [2.24, 2.45) is 0 Å². The Kier molecular flexibility index (Phi) is 4.92. The van der Waals surface area contributed by atoms with Crippen LogP contribution < -0.4 is 5.56 Å². The molecule has 0 bridgehead atoms. The van der Waals surface area contributed by atoms with Crippen molar-refractivity contribution < 1.29 is 9.90 Å². The largest absolute Gasteiger partial charge is 0.478 e. The zero-order valence-corrected chi connectivity index (χ0v) is 14.2. The minimum atomic E-state index is -0.997. The molecule has 7 nitrogen and oxygen atoms in total. The summed E-state index contributed by atoms with van der Waals surface area (Å²) in [4.78, 5) is 34.1. The number of hydrogen-bond donors (Lipinski definition) is 2. The van der Waals surface area contributed by atoms with Gasteiger partial charge in [0.15, 0.2) is 5.16 Å². The first kappa shape index (κ1) is 16.9. The standard InChI is InChI=1S/C16H10N4O3S2/c17-7-11-12(14-18-4-5-24-14)19-16(20-13(11)21)25-8-9-2-1-3-10(6-9)15(22)23/h1-6H,8H2,(H,22,23)(H,19,20,21). The lowest BCUT2D eigenvalue weighted by atomic mass is 10.1. The van der Waals surface area contributed by atoms with E-state index in [2.05, 4.69) is 15.0 Å². The van der Waals surface area contributed by atoms with E-state index in [0.29, 0.717) is 15.9 Å². The molecule has 0 aliphatic rings. The Hall–Kier alpha value is -2.96. The molecule has 2 aromatic heterocycles. The smallest absolute Gasteiger partial charge is 0.335 e. The average molecular weight is 370 g/mol. The van der Waals surface area contributed by atoms with Gasteiger partial charge in [-0.05, 0) is 17.7 Å². The predicted molar refractivity (Wildman–Crippen MR) is 93.6 cm³/mol. The van der Waals surface area contributed by atoms with Gasteiger partial charge >= 0.3 is 5.97 Å². The molecule has 0 aliphatic heterocycles. The molecule has 124 valence electrons. The van der Waals surface area contributed by atoms with Crippen LogP contribution in [0.15, 0.2) is 45.8 Å². The van der Waals surface area contributed by atoms with E-state index in [0.717, 1.165) is 5.56 Å². The van der Waals surface area contributed by atoms with Crippen molar-refractivity contribution in [2.45, 2.75) is 10.9 Å². The summed E-state index contributed by atoms with van der Waals surface area (Å²) in [5, 5.41) is 20.8. The number of carboxylic acid groups (broad SMARTS) is 1. The fraction of sp³-hybridized carbons (Fsp3) is 0.0625. The fourth-order valence-corrected chi connectivity index (χ4v) is 3.50. The molecule has 0 amide bonds. The summed E-state index contributed by atoms with van der Waals surface area (Å²) in [5.41, 5.74) is 0.635. The number of carbonyl (C=O) groups is 1. The summed E-state index contributed by atoms with van der Waals surface area (Å²) in [6.45, 7) is 0. The molecule has 0 unspecified atom stereocenters. The maximum absolute atomic E-state index is 12.1. The highest BCUT2D eigenvalue weighted by molar-refractivity contribution is 7.98. The first-order valence-electron chi connectivity index (χ1n) is 6.98. The molecule has 0 saturated carbocycles. The van der Waals surface area contributed by atoms with E-state index in [1.807, 2.05) is 6.07 Å². The highest BCUT2D eigenvalue weighted by Gasteiger charge is 2.15. The molecule has 2 N–H and O–H groups in total. The van der Waals surface area contributed by atoms with Crippen LogP contribution in [0.1, 0.15) is 21.5 Å². The normalized spacial score (nSPS) is 10.4. The van der Waals surface area contributed by atoms with Crippen LogP contribution in [-0.2, 0) is 5.75 Å². The van der Waals surface area contributed by atoms with Gasteiger partial charge < -0.3 is 10.1 Å². The van der Waals surface area contributed by atoms with E-state index in [1.54, 1.807) is 29.8 Å². The van der Waals surface area contributed by atoms with Crippen molar-refractivity contribution in [3.63, 3.8) is 0 Å². The number of thioether (sulfide) groups is 1. The highest BCUT2D eigenvalue weighted by Crippen LogP contribution is 2.25. The van der Waals surface area contributed by atoms with E-state index >= 15 is 0 Å². The quantitative estimate of drug-likeness (QED) is 0.523. The molecule has 3 rings (SSSR count). The third kappa shape index (κ3) is 3.76. The Morgan fingerprint density at radius 3 is 2.96 bits per heavy atom. The van der Waals surface area contributed by atoms with Crippen LogP contribution in [0.25, 0.3) is 10.7 Å². The number of benzene rings is 1. The Bertz CT molecular complexity index is 1020. The first-order valence-corrected chi connectivity index (χ1v) is 8.84. The molecule has 0 spiro atoms.